The standard InChI is InChI=1S/C21H16ClNO5S/c1-27-16-10-12(6-7-14(16)22)19(24)17-18(15-5-2-8-28-15)23(21(26)20(17)25)11-13-4-3-9-29-13/h2-10,18,24H,11H2,1H3/b19-17-. The first kappa shape index (κ1) is 19.3. The Balaban J connectivity index is 1.85. The van der Waals surface area contributed by atoms with Crippen LogP contribution in [0.25, 0.3) is 5.76 Å². The minimum absolute atomic E-state index is 0.0362. The number of likely N-dealkylation sites (tertiary alicyclic amines) is 1. The zero-order valence-electron chi connectivity index (χ0n) is 15.3. The van der Waals surface area contributed by atoms with Crippen molar-refractivity contribution in [1.82, 2.24) is 4.90 Å². The van der Waals surface area contributed by atoms with Gasteiger partial charge in [0.1, 0.15) is 23.3 Å². The summed E-state index contributed by atoms with van der Waals surface area (Å²) >= 11 is 7.54. The van der Waals surface area contributed by atoms with Crippen molar-refractivity contribution in [2.24, 2.45) is 0 Å². The molecule has 0 saturated carbocycles. The molecule has 148 valence electrons. The van der Waals surface area contributed by atoms with Crippen LogP contribution in [0, 0.1) is 0 Å². The molecule has 1 saturated heterocycles. The van der Waals surface area contributed by atoms with Crippen LogP contribution in [0.2, 0.25) is 5.02 Å². The second kappa shape index (κ2) is 7.77. The Labute approximate surface area is 175 Å². The molecule has 1 aliphatic heterocycles. The summed E-state index contributed by atoms with van der Waals surface area (Å²) in [6.45, 7) is 0.230. The quantitative estimate of drug-likeness (QED) is 0.363. The van der Waals surface area contributed by atoms with Gasteiger partial charge >= 0.3 is 0 Å². The Morgan fingerprint density at radius 2 is 2.10 bits per heavy atom. The summed E-state index contributed by atoms with van der Waals surface area (Å²) in [6, 6.07) is 10.9. The molecule has 1 unspecified atom stereocenters. The largest absolute Gasteiger partial charge is 0.507 e. The predicted molar refractivity (Wildman–Crippen MR) is 109 cm³/mol. The average molecular weight is 430 g/mol. The van der Waals surface area contributed by atoms with Gasteiger partial charge < -0.3 is 19.2 Å². The highest BCUT2D eigenvalue weighted by atomic mass is 35.5. The van der Waals surface area contributed by atoms with E-state index in [1.54, 1.807) is 24.3 Å². The molecule has 1 amide bonds. The number of hydrogen-bond acceptors (Lipinski definition) is 6. The minimum Gasteiger partial charge on any atom is -0.507 e. The lowest BCUT2D eigenvalue weighted by atomic mass is 9.99. The van der Waals surface area contributed by atoms with E-state index in [1.807, 2.05) is 17.5 Å². The molecule has 3 aromatic rings. The molecule has 4 rings (SSSR count). The summed E-state index contributed by atoms with van der Waals surface area (Å²) in [5, 5.41) is 13.2. The molecular formula is C21H16ClNO5S. The first-order valence-corrected chi connectivity index (χ1v) is 9.95. The summed E-state index contributed by atoms with van der Waals surface area (Å²) < 4.78 is 10.7. The van der Waals surface area contributed by atoms with Crippen LogP contribution in [0.1, 0.15) is 22.2 Å². The van der Waals surface area contributed by atoms with Gasteiger partial charge in [0.25, 0.3) is 11.7 Å². The summed E-state index contributed by atoms with van der Waals surface area (Å²) in [5.41, 5.74) is 0.280. The number of Topliss-reactive ketones (excluding diaryl/α,β-unsaturated/α-hetero) is 1. The number of benzene rings is 1. The molecule has 29 heavy (non-hydrogen) atoms. The number of aliphatic hydroxyl groups excluding tert-OH is 1. The number of thiophene rings is 1. The van der Waals surface area contributed by atoms with Crippen molar-refractivity contribution in [1.29, 1.82) is 0 Å². The van der Waals surface area contributed by atoms with Gasteiger partial charge in [-0.2, -0.15) is 0 Å². The molecule has 1 aliphatic rings. The number of carbonyl (C=O) groups excluding carboxylic acids is 2. The van der Waals surface area contributed by atoms with Gasteiger partial charge in [0.05, 0.1) is 30.5 Å². The van der Waals surface area contributed by atoms with Crippen LogP contribution in [0.15, 0.2) is 64.1 Å². The zero-order valence-corrected chi connectivity index (χ0v) is 16.9. The van der Waals surface area contributed by atoms with Crippen molar-refractivity contribution >= 4 is 40.4 Å². The van der Waals surface area contributed by atoms with Crippen LogP contribution >= 0.6 is 22.9 Å². The SMILES string of the molecule is COc1cc(/C(O)=C2/C(=O)C(=O)N(Cc3cccs3)C2c2ccco2)ccc1Cl. The van der Waals surface area contributed by atoms with Gasteiger partial charge in [0.2, 0.25) is 0 Å². The van der Waals surface area contributed by atoms with E-state index in [-0.39, 0.29) is 17.9 Å². The van der Waals surface area contributed by atoms with Crippen molar-refractivity contribution in [3.05, 3.63) is 80.9 Å². The van der Waals surface area contributed by atoms with Gasteiger partial charge in [0, 0.05) is 10.4 Å². The topological polar surface area (TPSA) is 80.0 Å². The normalized spacial score (nSPS) is 18.4. The highest BCUT2D eigenvalue weighted by molar-refractivity contribution is 7.09. The van der Waals surface area contributed by atoms with Gasteiger partial charge in [0.15, 0.2) is 0 Å². The minimum atomic E-state index is -0.839. The molecule has 1 N–H and O–H groups in total. The lowest BCUT2D eigenvalue weighted by Crippen LogP contribution is -2.28. The Morgan fingerprint density at radius 3 is 2.76 bits per heavy atom. The maximum Gasteiger partial charge on any atom is 0.296 e. The Bertz CT molecular complexity index is 1090. The first-order valence-electron chi connectivity index (χ1n) is 8.69. The summed E-state index contributed by atoms with van der Waals surface area (Å²) in [6.07, 6.45) is 1.46. The fraction of sp³-hybridized carbons (Fsp3) is 0.143. The van der Waals surface area contributed by atoms with E-state index in [4.69, 9.17) is 20.8 Å². The maximum absolute atomic E-state index is 12.9. The summed E-state index contributed by atoms with van der Waals surface area (Å²) in [5.74, 6) is -1.04. The van der Waals surface area contributed by atoms with E-state index in [2.05, 4.69) is 0 Å². The number of rotatable bonds is 5. The molecule has 1 aromatic carbocycles. The molecule has 0 aliphatic carbocycles. The van der Waals surface area contributed by atoms with Crippen molar-refractivity contribution in [3.8, 4) is 5.75 Å². The molecule has 0 bridgehead atoms. The van der Waals surface area contributed by atoms with Crippen molar-refractivity contribution in [2.75, 3.05) is 7.11 Å². The van der Waals surface area contributed by atoms with Crippen LogP contribution in [0.4, 0.5) is 0 Å². The highest BCUT2D eigenvalue weighted by Gasteiger charge is 2.47. The number of carbonyl (C=O) groups is 2. The van der Waals surface area contributed by atoms with Gasteiger partial charge in [-0.1, -0.05) is 17.7 Å². The maximum atomic E-state index is 12.9. The third-order valence-corrected chi connectivity index (χ3v) is 5.86. The van der Waals surface area contributed by atoms with E-state index < -0.39 is 17.7 Å². The Hall–Kier alpha value is -3.03. The average Bonchev–Trinajstić information content (AvgIpc) is 3.47. The highest BCUT2D eigenvalue weighted by Crippen LogP contribution is 2.41. The molecule has 1 fully saturated rings. The van der Waals surface area contributed by atoms with Crippen LogP contribution in [-0.4, -0.2) is 28.8 Å². The fourth-order valence-corrected chi connectivity index (χ4v) is 4.22. The number of methoxy groups -OCH3 is 1. The van der Waals surface area contributed by atoms with E-state index in [9.17, 15) is 14.7 Å². The fourth-order valence-electron chi connectivity index (χ4n) is 3.32. The van der Waals surface area contributed by atoms with Gasteiger partial charge in [-0.25, -0.2) is 0 Å². The van der Waals surface area contributed by atoms with E-state index in [0.717, 1.165) is 4.88 Å². The smallest absolute Gasteiger partial charge is 0.296 e. The zero-order chi connectivity index (χ0) is 20.5. The lowest BCUT2D eigenvalue weighted by molar-refractivity contribution is -0.140. The summed E-state index contributed by atoms with van der Waals surface area (Å²) in [4.78, 5) is 28.0. The second-order valence-electron chi connectivity index (χ2n) is 6.37. The molecule has 6 nitrogen and oxygen atoms in total. The van der Waals surface area contributed by atoms with Crippen molar-refractivity contribution < 1.29 is 23.8 Å². The van der Waals surface area contributed by atoms with Gasteiger partial charge in [-0.3, -0.25) is 9.59 Å². The molecule has 1 atom stereocenters. The van der Waals surface area contributed by atoms with Crippen molar-refractivity contribution in [2.45, 2.75) is 12.6 Å². The van der Waals surface area contributed by atoms with Crippen LogP contribution < -0.4 is 4.74 Å². The first-order chi connectivity index (χ1) is 14.0. The molecule has 2 aromatic heterocycles. The molecule has 0 spiro atoms. The Morgan fingerprint density at radius 1 is 1.28 bits per heavy atom. The van der Waals surface area contributed by atoms with Crippen molar-refractivity contribution in [3.63, 3.8) is 0 Å². The van der Waals surface area contributed by atoms with Crippen LogP contribution in [0.5, 0.6) is 5.75 Å². The predicted octanol–water partition coefficient (Wildman–Crippen LogP) is 4.63. The van der Waals surface area contributed by atoms with Gasteiger partial charge in [-0.05, 0) is 41.8 Å². The number of ketones is 1. The van der Waals surface area contributed by atoms with E-state index in [0.29, 0.717) is 22.1 Å². The second-order valence-corrected chi connectivity index (χ2v) is 7.81. The third kappa shape index (κ3) is 3.43. The van der Waals surface area contributed by atoms with E-state index in [1.165, 1.54) is 35.7 Å². The number of aliphatic hydroxyl groups is 1. The molecule has 8 heteroatoms. The van der Waals surface area contributed by atoms with Crippen LogP contribution in [0.3, 0.4) is 0 Å². The monoisotopic (exact) mass is 429 g/mol. The van der Waals surface area contributed by atoms with E-state index >= 15 is 0 Å². The molecular weight excluding hydrogens is 414 g/mol. The summed E-state index contributed by atoms with van der Waals surface area (Å²) in [7, 11) is 1.45. The Kier molecular flexibility index (Phi) is 5.17. The number of halogens is 1. The lowest BCUT2D eigenvalue weighted by Gasteiger charge is -2.22. The van der Waals surface area contributed by atoms with Crippen LogP contribution in [-0.2, 0) is 16.1 Å². The number of nitrogens with zero attached hydrogens (tertiary/aromatic N) is 1. The third-order valence-electron chi connectivity index (χ3n) is 4.68. The molecule has 0 radical (unpaired) electrons. The number of furan rings is 1. The number of ether oxygens (including phenoxy) is 1. The molecule has 3 heterocycles. The number of hydrogen-bond donors (Lipinski definition) is 1. The number of amides is 1. The van der Waals surface area contributed by atoms with Gasteiger partial charge in [-0.15, -0.1) is 11.3 Å².